The molecular formula is C46H47N7O18S7. The van der Waals surface area contributed by atoms with Gasteiger partial charge >= 0.3 is 0 Å². The Labute approximate surface area is 452 Å². The zero-order chi connectivity index (χ0) is 57.7. The zero-order valence-corrected chi connectivity index (χ0v) is 47.0. The van der Waals surface area contributed by atoms with Gasteiger partial charge < -0.3 is 9.80 Å². The highest BCUT2D eigenvalue weighted by atomic mass is 32.3. The molecule has 0 fully saturated rings. The maximum atomic E-state index is 13.4. The molecule has 25 nitrogen and oxygen atoms in total. The fourth-order valence-electron chi connectivity index (χ4n) is 10.0. The summed E-state index contributed by atoms with van der Waals surface area (Å²) in [4.78, 5) is 18.3. The first kappa shape index (κ1) is 58.0. The lowest BCUT2D eigenvalue weighted by Crippen LogP contribution is -2.41. The third kappa shape index (κ3) is 11.2. The fraction of sp³-hybridized carbons (Fsp3) is 0.261. The molecule has 8 rings (SSSR count). The fourth-order valence-corrected chi connectivity index (χ4v) is 14.5. The Morgan fingerprint density at radius 2 is 1.29 bits per heavy atom. The minimum Gasteiger partial charge on any atom is -0.364 e. The minimum absolute atomic E-state index is 0.0102. The molecule has 1 amide bonds. The zero-order valence-electron chi connectivity index (χ0n) is 41.3. The summed E-state index contributed by atoms with van der Waals surface area (Å²) in [5.74, 6) is -1.46. The van der Waals surface area contributed by atoms with E-state index in [-0.39, 0.29) is 57.4 Å². The van der Waals surface area contributed by atoms with Gasteiger partial charge in [0.2, 0.25) is 9.47 Å². The van der Waals surface area contributed by atoms with Crippen LogP contribution in [-0.4, -0.2) is 119 Å². The molecule has 1 atom stereocenters. The Morgan fingerprint density at radius 3 is 1.78 bits per heavy atom. The second kappa shape index (κ2) is 19.9. The predicted molar refractivity (Wildman–Crippen MR) is 287 cm³/mol. The van der Waals surface area contributed by atoms with Crippen molar-refractivity contribution in [3.63, 3.8) is 0 Å². The molecule has 0 saturated carbocycles. The number of nitrogens with one attached hydrogen (secondary N) is 1. The second-order valence-electron chi connectivity index (χ2n) is 19.1. The van der Waals surface area contributed by atoms with Crippen LogP contribution < -0.4 is 20.3 Å². The van der Waals surface area contributed by atoms with E-state index in [9.17, 15) is 78.1 Å². The molecule has 4 aromatic carbocycles. The Hall–Kier alpha value is -6.14. The molecule has 2 aliphatic rings. The van der Waals surface area contributed by atoms with Crippen LogP contribution in [0.5, 0.6) is 0 Å². The van der Waals surface area contributed by atoms with E-state index in [1.165, 1.54) is 36.5 Å². The van der Waals surface area contributed by atoms with Gasteiger partial charge in [0.15, 0.2) is 0 Å². The number of aromatic nitrogens is 3. The molecule has 4 heterocycles. The number of sulfonamides is 1. The van der Waals surface area contributed by atoms with Crippen molar-refractivity contribution in [3.05, 3.63) is 119 Å². The Kier molecular flexibility index (Phi) is 14.8. The Morgan fingerprint density at radius 1 is 0.731 bits per heavy atom. The van der Waals surface area contributed by atoms with E-state index in [0.29, 0.717) is 57.2 Å². The number of hydrogen-bond acceptors (Lipinski definition) is 19. The van der Waals surface area contributed by atoms with Crippen molar-refractivity contribution in [2.75, 3.05) is 34.0 Å². The normalized spacial score (nSPS) is 17.6. The van der Waals surface area contributed by atoms with E-state index in [2.05, 4.69) is 20.5 Å². The smallest absolute Gasteiger partial charge is 0.295 e. The van der Waals surface area contributed by atoms with Crippen LogP contribution in [0.25, 0.3) is 27.1 Å². The van der Waals surface area contributed by atoms with E-state index in [0.717, 1.165) is 12.1 Å². The van der Waals surface area contributed by atoms with Gasteiger partial charge in [-0.05, 0) is 95.4 Å². The molecule has 0 aliphatic carbocycles. The summed E-state index contributed by atoms with van der Waals surface area (Å²) in [6, 6.07) is 11.2. The largest absolute Gasteiger partial charge is 0.364 e. The number of allylic oxidation sites excluding steroid dienone is 5. The average molecular weight is 1210 g/mol. The summed E-state index contributed by atoms with van der Waals surface area (Å²) >= 11 is 0.501. The number of nitrogens with two attached hydrogens (primary N) is 1. The minimum atomic E-state index is -5.12. The number of likely N-dealkylation sites (N-methyl/N-ethyl adjacent to an activating group) is 1. The van der Waals surface area contributed by atoms with Crippen molar-refractivity contribution in [3.8, 4) is 0 Å². The number of anilines is 3. The maximum absolute atomic E-state index is 13.4. The number of hydrogen-bond donors (Lipinski definition) is 7. The van der Waals surface area contributed by atoms with Crippen LogP contribution in [0, 0.1) is 0 Å². The van der Waals surface area contributed by atoms with Gasteiger partial charge in [0.05, 0.1) is 32.8 Å². The van der Waals surface area contributed by atoms with Gasteiger partial charge in [-0.15, -0.1) is 10.2 Å². The lowest BCUT2D eigenvalue weighted by atomic mass is 9.78. The molecule has 6 aromatic rings. The van der Waals surface area contributed by atoms with Crippen LogP contribution in [0.4, 0.5) is 16.5 Å². The van der Waals surface area contributed by atoms with Crippen molar-refractivity contribution in [2.24, 2.45) is 5.14 Å². The number of pyridine rings is 1. The van der Waals surface area contributed by atoms with Gasteiger partial charge in [-0.2, -0.15) is 42.1 Å². The molecule has 2 aromatic heterocycles. The molecular weight excluding hydrogens is 1160 g/mol. The molecule has 32 heteroatoms. The number of rotatable bonds is 16. The number of nitrogens with zero attached hydrogens (tertiary/aromatic N) is 5. The Balaban J connectivity index is 1.32. The SMILES string of the molecule is CCN1C(=CC=C(/C=C/C2N(CCCS(=O)(=O)O)c3ccc4c(S(=O)(=O)O)cc(S(=O)(=O)O)cc4c3C2(C)C)c2ccc(C(=O)Nc3nnc(S(N)(=O)=O)s3)cn2)C(C)(C)c2c1ccc1c(S(=O)(=O)O)cc(S(=O)(=O)O)cc21. The molecule has 416 valence electrons. The number of primary sulfonamides is 1. The van der Waals surface area contributed by atoms with E-state index in [4.69, 9.17) is 5.14 Å². The maximum Gasteiger partial charge on any atom is 0.295 e. The predicted octanol–water partition coefficient (Wildman–Crippen LogP) is 5.21. The van der Waals surface area contributed by atoms with Crippen LogP contribution in [0.1, 0.15) is 68.2 Å². The van der Waals surface area contributed by atoms with E-state index < -0.39 is 113 Å². The van der Waals surface area contributed by atoms with Crippen molar-refractivity contribution in [2.45, 2.75) is 81.8 Å². The highest BCUT2D eigenvalue weighted by Gasteiger charge is 2.45. The molecule has 0 spiro atoms. The third-order valence-electron chi connectivity index (χ3n) is 13.3. The van der Waals surface area contributed by atoms with Gasteiger partial charge in [-0.1, -0.05) is 69.4 Å². The summed E-state index contributed by atoms with van der Waals surface area (Å²) in [6.07, 6.45) is 7.69. The van der Waals surface area contributed by atoms with Gasteiger partial charge in [0, 0.05) is 58.0 Å². The molecule has 0 saturated heterocycles. The van der Waals surface area contributed by atoms with E-state index >= 15 is 0 Å². The summed E-state index contributed by atoms with van der Waals surface area (Å²) < 4.78 is 198. The van der Waals surface area contributed by atoms with Gasteiger partial charge in [0.25, 0.3) is 66.5 Å². The topological polar surface area (TPSA) is 406 Å². The van der Waals surface area contributed by atoms with Crippen molar-refractivity contribution >= 4 is 121 Å². The molecule has 0 bridgehead atoms. The van der Waals surface area contributed by atoms with Crippen molar-refractivity contribution in [1.82, 2.24) is 15.2 Å². The van der Waals surface area contributed by atoms with E-state index in [1.54, 1.807) is 63.0 Å². The van der Waals surface area contributed by atoms with Gasteiger partial charge in [-0.3, -0.25) is 37.9 Å². The lowest BCUT2D eigenvalue weighted by Gasteiger charge is -2.32. The Bertz CT molecular complexity index is 4350. The van der Waals surface area contributed by atoms with Crippen molar-refractivity contribution in [1.29, 1.82) is 0 Å². The standard InChI is InChI=1S/C46H47N7O18S7/c1-6-52-34-14-11-29-31(20-27(75(60,61)62)22-36(29)77(66,67)68)40(34)45(2,3)38(52)16-9-25(33-13-8-26(24-48-33)42(54)49-43-50-51-44(72-43)74(47,58)59)10-17-39-46(4,5)41-32-21-28(76(63,64)65)23-37(78(69,70)71)30(32)12-15-35(41)53(39)18-7-19-73(55,56)57/h8-17,20-24,39H,6-7,18-19H2,1-5H3,(H2,47,58,59)(H,49,50,54)(H,55,56,57)(H,60,61,62)(H,63,64,65)(H,66,67,68)(H,69,70,71)/b17-10+,25-9?,38-16?. The molecule has 1 unspecified atom stereocenters. The van der Waals surface area contributed by atoms with Crippen molar-refractivity contribution < 1.29 is 78.1 Å². The highest BCUT2D eigenvalue weighted by Crippen LogP contribution is 2.53. The van der Waals surface area contributed by atoms with Crippen LogP contribution in [0.2, 0.25) is 0 Å². The quantitative estimate of drug-likeness (QED) is 0.0371. The number of carbonyl (C=O) groups is 1. The summed E-state index contributed by atoms with van der Waals surface area (Å²) in [5.41, 5.74) is 0.314. The van der Waals surface area contributed by atoms with Crippen LogP contribution in [0.15, 0.2) is 121 Å². The molecule has 2 aliphatic heterocycles. The first-order chi connectivity index (χ1) is 35.8. The monoisotopic (exact) mass is 1210 g/mol. The third-order valence-corrected chi connectivity index (χ3v) is 19.7. The summed E-state index contributed by atoms with van der Waals surface area (Å²) in [6.45, 7) is 9.00. The average Bonchev–Trinajstić information content (AvgIpc) is 4.18. The molecule has 8 N–H and O–H groups in total. The number of amides is 1. The number of benzene rings is 4. The molecule has 0 radical (unpaired) electrons. The van der Waals surface area contributed by atoms with Crippen LogP contribution in [-0.2, 0) is 71.4 Å². The molecule has 78 heavy (non-hydrogen) atoms. The number of fused-ring (bicyclic) bond motifs is 6. The number of carbonyl (C=O) groups excluding carboxylic acids is 1. The van der Waals surface area contributed by atoms with Crippen LogP contribution in [0.3, 0.4) is 0 Å². The van der Waals surface area contributed by atoms with E-state index in [1.807, 2.05) is 11.8 Å². The first-order valence-corrected chi connectivity index (χ1v) is 32.4. The summed E-state index contributed by atoms with van der Waals surface area (Å²) in [5, 5.41) is 14.4. The van der Waals surface area contributed by atoms with Gasteiger partial charge in [-0.25, -0.2) is 13.6 Å². The second-order valence-corrected chi connectivity index (χ2v) is 29.0. The van der Waals surface area contributed by atoms with Gasteiger partial charge in [0.1, 0.15) is 9.79 Å². The summed E-state index contributed by atoms with van der Waals surface area (Å²) in [7, 11) is -29.0. The highest BCUT2D eigenvalue weighted by molar-refractivity contribution is 7.91. The lowest BCUT2D eigenvalue weighted by molar-refractivity contribution is 0.102. The van der Waals surface area contributed by atoms with Crippen LogP contribution >= 0.6 is 11.3 Å². The first-order valence-electron chi connectivity index (χ1n) is 22.7.